The van der Waals surface area contributed by atoms with Crippen LogP contribution in [-0.2, 0) is 25.5 Å². The largest absolute Gasteiger partial charge is 0.504 e. The van der Waals surface area contributed by atoms with Gasteiger partial charge in [0.1, 0.15) is 6.04 Å². The quantitative estimate of drug-likeness (QED) is 0.242. The van der Waals surface area contributed by atoms with E-state index in [9.17, 15) is 29.5 Å². The predicted molar refractivity (Wildman–Crippen MR) is 158 cm³/mol. The third-order valence-corrected chi connectivity index (χ3v) is 10.6. The van der Waals surface area contributed by atoms with E-state index in [-0.39, 0.29) is 53.3 Å². The van der Waals surface area contributed by atoms with E-state index >= 15 is 0 Å². The van der Waals surface area contributed by atoms with Crippen LogP contribution in [0.15, 0.2) is 23.4 Å². The van der Waals surface area contributed by atoms with E-state index in [2.05, 4.69) is 32.9 Å². The first-order chi connectivity index (χ1) is 19.7. The number of phenols is 2. The molecule has 1 aromatic rings. The SMILES string of the molecule is CC(CC1CCC(C)(C)C1(C)C)OC(=O)C1CCCN1C(=O)C1CCCN(C(=O)C(Cc2ccc(O)c(O)c2)N=O)C1. The van der Waals surface area contributed by atoms with E-state index in [4.69, 9.17) is 4.74 Å². The van der Waals surface area contributed by atoms with E-state index in [0.717, 1.165) is 25.7 Å². The highest BCUT2D eigenvalue weighted by Crippen LogP contribution is 2.57. The van der Waals surface area contributed by atoms with Crippen LogP contribution in [0.5, 0.6) is 11.5 Å². The lowest BCUT2D eigenvalue weighted by atomic mass is 9.66. The van der Waals surface area contributed by atoms with Crippen LogP contribution < -0.4 is 0 Å². The number of nitroso groups, excluding NO2 is 1. The van der Waals surface area contributed by atoms with Gasteiger partial charge in [0.05, 0.1) is 12.0 Å². The minimum Gasteiger partial charge on any atom is -0.504 e. The fourth-order valence-electron chi connectivity index (χ4n) is 7.10. The van der Waals surface area contributed by atoms with Crippen LogP contribution >= 0.6 is 0 Å². The molecule has 2 aliphatic heterocycles. The molecule has 2 saturated heterocycles. The molecule has 1 saturated carbocycles. The van der Waals surface area contributed by atoms with E-state index in [1.54, 1.807) is 4.90 Å². The van der Waals surface area contributed by atoms with Gasteiger partial charge < -0.3 is 24.7 Å². The second-order valence-electron chi connectivity index (χ2n) is 13.8. The third kappa shape index (κ3) is 6.57. The Hall–Kier alpha value is -3.17. The number of benzene rings is 1. The number of ether oxygens (including phenoxy) is 1. The van der Waals surface area contributed by atoms with Crippen molar-refractivity contribution in [2.24, 2.45) is 27.8 Å². The van der Waals surface area contributed by atoms with Crippen molar-refractivity contribution in [2.75, 3.05) is 19.6 Å². The lowest BCUT2D eigenvalue weighted by molar-refractivity contribution is -0.160. The maximum absolute atomic E-state index is 13.6. The van der Waals surface area contributed by atoms with Crippen LogP contribution in [0.4, 0.5) is 0 Å². The van der Waals surface area contributed by atoms with Gasteiger partial charge in [0, 0.05) is 26.1 Å². The first kappa shape index (κ1) is 31.8. The number of hydrogen-bond acceptors (Lipinski definition) is 8. The first-order valence-corrected chi connectivity index (χ1v) is 15.4. The van der Waals surface area contributed by atoms with E-state index in [0.29, 0.717) is 43.8 Å². The molecule has 232 valence electrons. The number of rotatable bonds is 9. The van der Waals surface area contributed by atoms with Crippen molar-refractivity contribution in [2.45, 2.75) is 104 Å². The molecule has 2 heterocycles. The first-order valence-electron chi connectivity index (χ1n) is 15.4. The smallest absolute Gasteiger partial charge is 0.329 e. The van der Waals surface area contributed by atoms with Gasteiger partial charge in [0.25, 0.3) is 5.91 Å². The van der Waals surface area contributed by atoms with E-state index < -0.39 is 23.9 Å². The van der Waals surface area contributed by atoms with Gasteiger partial charge in [-0.05, 0) is 86.3 Å². The molecular weight excluding hydrogens is 538 g/mol. The molecule has 2 amide bonds. The van der Waals surface area contributed by atoms with Crippen molar-refractivity contribution in [3.05, 3.63) is 28.7 Å². The average Bonchev–Trinajstić information content (AvgIpc) is 3.52. The molecule has 0 aromatic heterocycles. The summed E-state index contributed by atoms with van der Waals surface area (Å²) in [4.78, 5) is 54.9. The number of likely N-dealkylation sites (tertiary alicyclic amines) is 2. The molecule has 10 heteroatoms. The van der Waals surface area contributed by atoms with Crippen LogP contribution in [-0.4, -0.2) is 75.6 Å². The Balaban J connectivity index is 1.34. The van der Waals surface area contributed by atoms with Crippen molar-refractivity contribution < 1.29 is 29.3 Å². The van der Waals surface area contributed by atoms with Gasteiger partial charge in [-0.1, -0.05) is 38.9 Å². The second-order valence-corrected chi connectivity index (χ2v) is 13.8. The number of phenolic OH excluding ortho intramolecular Hbond substituents is 2. The highest BCUT2D eigenvalue weighted by molar-refractivity contribution is 5.88. The Kier molecular flexibility index (Phi) is 9.52. The standard InChI is InChI=1S/C32H47N3O7/c1-20(16-23-12-13-31(2,3)32(23,4)5)42-30(40)25-9-7-15-35(25)28(38)22-8-6-14-34(19-22)29(39)24(33-41)17-21-10-11-26(36)27(37)18-21/h10-11,18,20,22-25,36-37H,6-9,12-17,19H2,1-5H3. The number of hydrogen-bond donors (Lipinski definition) is 2. The highest BCUT2D eigenvalue weighted by atomic mass is 16.5. The minimum absolute atomic E-state index is 0.0287. The number of nitrogens with zero attached hydrogens (tertiary/aromatic N) is 3. The molecule has 1 aromatic carbocycles. The van der Waals surface area contributed by atoms with Crippen LogP contribution in [0.25, 0.3) is 0 Å². The zero-order valence-corrected chi connectivity index (χ0v) is 25.7. The molecule has 0 spiro atoms. The number of aromatic hydroxyl groups is 2. The average molecular weight is 586 g/mol. The van der Waals surface area contributed by atoms with Crippen LogP contribution in [0.2, 0.25) is 0 Å². The molecule has 5 unspecified atom stereocenters. The predicted octanol–water partition coefficient (Wildman–Crippen LogP) is 4.79. The molecule has 0 bridgehead atoms. The van der Waals surface area contributed by atoms with Gasteiger partial charge in [-0.25, -0.2) is 4.79 Å². The number of carbonyl (C=O) groups excluding carboxylic acids is 3. The number of carbonyl (C=O) groups is 3. The molecular formula is C32H47N3O7. The lowest BCUT2D eigenvalue weighted by Gasteiger charge is -2.40. The number of amides is 2. The summed E-state index contributed by atoms with van der Waals surface area (Å²) in [5, 5.41) is 22.3. The lowest BCUT2D eigenvalue weighted by Crippen LogP contribution is -2.51. The van der Waals surface area contributed by atoms with Gasteiger partial charge in [-0.3, -0.25) is 9.59 Å². The molecule has 10 nitrogen and oxygen atoms in total. The Morgan fingerprint density at radius 2 is 1.76 bits per heavy atom. The normalized spacial score (nSPS) is 26.5. The summed E-state index contributed by atoms with van der Waals surface area (Å²) in [7, 11) is 0. The summed E-state index contributed by atoms with van der Waals surface area (Å²) < 4.78 is 5.93. The highest BCUT2D eigenvalue weighted by Gasteiger charge is 2.49. The monoisotopic (exact) mass is 585 g/mol. The van der Waals surface area contributed by atoms with E-state index in [1.807, 2.05) is 6.92 Å². The second kappa shape index (κ2) is 12.6. The fourth-order valence-corrected chi connectivity index (χ4v) is 7.10. The zero-order valence-electron chi connectivity index (χ0n) is 25.7. The summed E-state index contributed by atoms with van der Waals surface area (Å²) in [5.74, 6) is -1.62. The summed E-state index contributed by atoms with van der Waals surface area (Å²) in [6, 6.07) is 2.28. The summed E-state index contributed by atoms with van der Waals surface area (Å²) >= 11 is 0. The number of esters is 1. The summed E-state index contributed by atoms with van der Waals surface area (Å²) in [6.07, 6.45) is 5.28. The molecule has 5 atom stereocenters. The molecule has 3 fully saturated rings. The molecule has 42 heavy (non-hydrogen) atoms. The fraction of sp³-hybridized carbons (Fsp3) is 0.719. The zero-order chi connectivity index (χ0) is 30.8. The van der Waals surface area contributed by atoms with Gasteiger partial charge in [0.2, 0.25) is 5.91 Å². The van der Waals surface area contributed by atoms with Gasteiger partial charge in [-0.15, -0.1) is 4.91 Å². The van der Waals surface area contributed by atoms with Crippen molar-refractivity contribution in [3.8, 4) is 11.5 Å². The van der Waals surface area contributed by atoms with Gasteiger partial charge in [0.15, 0.2) is 17.5 Å². The van der Waals surface area contributed by atoms with Gasteiger partial charge >= 0.3 is 5.97 Å². The van der Waals surface area contributed by atoms with Gasteiger partial charge in [-0.2, -0.15) is 0 Å². The van der Waals surface area contributed by atoms with Crippen LogP contribution in [0.1, 0.15) is 85.1 Å². The van der Waals surface area contributed by atoms with Crippen LogP contribution in [0, 0.1) is 27.6 Å². The van der Waals surface area contributed by atoms with Crippen molar-refractivity contribution >= 4 is 17.8 Å². The molecule has 4 rings (SSSR count). The molecule has 2 N–H and O–H groups in total. The topological polar surface area (TPSA) is 137 Å². The minimum atomic E-state index is -1.21. The summed E-state index contributed by atoms with van der Waals surface area (Å²) in [6.45, 7) is 12.2. The Morgan fingerprint density at radius 1 is 1.05 bits per heavy atom. The Morgan fingerprint density at radius 3 is 2.40 bits per heavy atom. The molecule has 1 aliphatic carbocycles. The van der Waals surface area contributed by atoms with Crippen molar-refractivity contribution in [3.63, 3.8) is 0 Å². The summed E-state index contributed by atoms with van der Waals surface area (Å²) in [5.41, 5.74) is 0.875. The Labute approximate surface area is 248 Å². The van der Waals surface area contributed by atoms with E-state index in [1.165, 1.54) is 23.1 Å². The van der Waals surface area contributed by atoms with Crippen molar-refractivity contribution in [1.82, 2.24) is 9.80 Å². The Bertz CT molecular complexity index is 1180. The third-order valence-electron chi connectivity index (χ3n) is 10.6. The maximum Gasteiger partial charge on any atom is 0.329 e. The molecule has 0 radical (unpaired) electrons. The number of piperidine rings is 1. The maximum atomic E-state index is 13.6. The molecule has 3 aliphatic rings. The van der Waals surface area contributed by atoms with Crippen molar-refractivity contribution in [1.29, 1.82) is 0 Å². The van der Waals surface area contributed by atoms with Crippen LogP contribution in [0.3, 0.4) is 0 Å².